The van der Waals surface area contributed by atoms with Gasteiger partial charge in [0, 0.05) is 29.1 Å². The number of ketones is 1. The van der Waals surface area contributed by atoms with Crippen LogP contribution in [0.1, 0.15) is 49.8 Å². The number of ether oxygens (including phenoxy) is 1. The molecule has 0 saturated carbocycles. The van der Waals surface area contributed by atoms with Gasteiger partial charge in [0.05, 0.1) is 12.2 Å². The van der Waals surface area contributed by atoms with Crippen LogP contribution in [0.5, 0.6) is 0 Å². The van der Waals surface area contributed by atoms with Gasteiger partial charge in [-0.05, 0) is 25.3 Å². The minimum Gasteiger partial charge on any atom is -0.371 e. The quantitative estimate of drug-likeness (QED) is 0.820. The third-order valence-corrected chi connectivity index (χ3v) is 4.96. The van der Waals surface area contributed by atoms with Crippen LogP contribution in [0.15, 0.2) is 23.2 Å². The first-order valence-corrected chi connectivity index (χ1v) is 8.50. The van der Waals surface area contributed by atoms with Gasteiger partial charge in [0.15, 0.2) is 5.01 Å². The van der Waals surface area contributed by atoms with Gasteiger partial charge in [0.2, 0.25) is 5.78 Å². The zero-order chi connectivity index (χ0) is 15.4. The van der Waals surface area contributed by atoms with Crippen molar-refractivity contribution in [3.8, 4) is 0 Å². The second kappa shape index (κ2) is 7.29. The van der Waals surface area contributed by atoms with Crippen LogP contribution in [-0.2, 0) is 4.74 Å². The molecule has 4 nitrogen and oxygen atoms in total. The SMILES string of the molecule is CCC(CC)O[C@@H]1C=C(C(=O)c2nccs2)C[C@H](N)[C@H]1C. The Morgan fingerprint density at radius 1 is 1.52 bits per heavy atom. The van der Waals surface area contributed by atoms with E-state index in [0.717, 1.165) is 18.4 Å². The normalized spacial score (nSPS) is 26.0. The fourth-order valence-electron chi connectivity index (χ4n) is 2.61. The van der Waals surface area contributed by atoms with E-state index in [4.69, 9.17) is 10.5 Å². The fourth-order valence-corrected chi connectivity index (χ4v) is 3.22. The lowest BCUT2D eigenvalue weighted by atomic mass is 9.83. The van der Waals surface area contributed by atoms with Crippen molar-refractivity contribution in [3.63, 3.8) is 0 Å². The molecule has 0 saturated heterocycles. The maximum absolute atomic E-state index is 12.5. The van der Waals surface area contributed by atoms with Crippen LogP contribution in [-0.4, -0.2) is 29.0 Å². The van der Waals surface area contributed by atoms with E-state index in [0.29, 0.717) is 11.4 Å². The summed E-state index contributed by atoms with van der Waals surface area (Å²) < 4.78 is 6.14. The molecule has 0 unspecified atom stereocenters. The van der Waals surface area contributed by atoms with E-state index in [2.05, 4.69) is 25.8 Å². The zero-order valence-electron chi connectivity index (χ0n) is 12.9. The average molecular weight is 308 g/mol. The molecular weight excluding hydrogens is 284 g/mol. The lowest BCUT2D eigenvalue weighted by Crippen LogP contribution is -2.42. The number of aromatic nitrogens is 1. The van der Waals surface area contributed by atoms with Gasteiger partial charge in [-0.25, -0.2) is 4.98 Å². The minimum atomic E-state index is -0.0856. The first kappa shape index (κ1) is 16.3. The highest BCUT2D eigenvalue weighted by molar-refractivity contribution is 7.11. The topological polar surface area (TPSA) is 65.2 Å². The monoisotopic (exact) mass is 308 g/mol. The van der Waals surface area contributed by atoms with Crippen LogP contribution in [0.2, 0.25) is 0 Å². The van der Waals surface area contributed by atoms with Crippen LogP contribution in [0.4, 0.5) is 0 Å². The highest BCUT2D eigenvalue weighted by atomic mass is 32.1. The Morgan fingerprint density at radius 2 is 2.24 bits per heavy atom. The van der Waals surface area contributed by atoms with Crippen molar-refractivity contribution in [1.29, 1.82) is 0 Å². The fraction of sp³-hybridized carbons (Fsp3) is 0.625. The summed E-state index contributed by atoms with van der Waals surface area (Å²) in [5.41, 5.74) is 6.96. The average Bonchev–Trinajstić information content (AvgIpc) is 3.02. The van der Waals surface area contributed by atoms with Gasteiger partial charge in [-0.15, -0.1) is 11.3 Å². The van der Waals surface area contributed by atoms with Gasteiger partial charge in [0.25, 0.3) is 0 Å². The molecule has 1 aromatic rings. The first-order valence-electron chi connectivity index (χ1n) is 7.62. The molecule has 1 aliphatic carbocycles. The standard InChI is InChI=1S/C16H24N2O2S/c1-4-12(5-2)20-14-9-11(8-13(17)10(14)3)15(19)16-18-6-7-21-16/h6-7,9-10,12-14H,4-5,8,17H2,1-3H3/t10-,13+,14-/m1/s1. The van der Waals surface area contributed by atoms with E-state index in [-0.39, 0.29) is 30.0 Å². The molecule has 0 aromatic carbocycles. The smallest absolute Gasteiger partial charge is 0.217 e. The Labute approximate surface area is 130 Å². The van der Waals surface area contributed by atoms with E-state index >= 15 is 0 Å². The molecule has 1 aromatic heterocycles. The third kappa shape index (κ3) is 3.78. The van der Waals surface area contributed by atoms with Crippen molar-refractivity contribution >= 4 is 17.1 Å². The van der Waals surface area contributed by atoms with Gasteiger partial charge in [-0.2, -0.15) is 0 Å². The molecule has 1 aliphatic rings. The van der Waals surface area contributed by atoms with Crippen LogP contribution < -0.4 is 5.73 Å². The Balaban J connectivity index is 2.19. The Kier molecular flexibility index (Phi) is 5.67. The minimum absolute atomic E-state index is 0.00880. The second-order valence-electron chi connectivity index (χ2n) is 5.62. The van der Waals surface area contributed by atoms with Crippen LogP contribution in [0.25, 0.3) is 0 Å². The number of nitrogens with two attached hydrogens (primary N) is 1. The van der Waals surface area contributed by atoms with Gasteiger partial charge >= 0.3 is 0 Å². The van der Waals surface area contributed by atoms with Gasteiger partial charge < -0.3 is 10.5 Å². The number of carbonyl (C=O) groups excluding carboxylic acids is 1. The number of hydrogen-bond donors (Lipinski definition) is 1. The molecule has 5 heteroatoms. The molecule has 0 spiro atoms. The Hall–Kier alpha value is -1.04. The van der Waals surface area contributed by atoms with E-state index in [1.807, 2.05) is 11.5 Å². The predicted molar refractivity (Wildman–Crippen MR) is 85.5 cm³/mol. The summed E-state index contributed by atoms with van der Waals surface area (Å²) in [5, 5.41) is 2.35. The molecule has 0 aliphatic heterocycles. The number of hydrogen-bond acceptors (Lipinski definition) is 5. The number of nitrogens with zero attached hydrogens (tertiary/aromatic N) is 1. The van der Waals surface area contributed by atoms with Crippen molar-refractivity contribution in [1.82, 2.24) is 4.98 Å². The van der Waals surface area contributed by atoms with Gasteiger partial charge in [0.1, 0.15) is 0 Å². The van der Waals surface area contributed by atoms with Crippen molar-refractivity contribution in [2.75, 3.05) is 0 Å². The first-order chi connectivity index (χ1) is 10.1. The van der Waals surface area contributed by atoms with Crippen molar-refractivity contribution in [3.05, 3.63) is 28.2 Å². The summed E-state index contributed by atoms with van der Waals surface area (Å²) in [6.45, 7) is 6.33. The third-order valence-electron chi connectivity index (χ3n) is 4.19. The van der Waals surface area contributed by atoms with Crippen LogP contribution in [0.3, 0.4) is 0 Å². The second-order valence-corrected chi connectivity index (χ2v) is 6.52. The number of Topliss-reactive ketones (excluding diaryl/α,β-unsaturated/α-hetero) is 1. The van der Waals surface area contributed by atoms with Crippen molar-refractivity contribution in [2.24, 2.45) is 11.7 Å². The lowest BCUT2D eigenvalue weighted by molar-refractivity contribution is -0.0247. The summed E-state index contributed by atoms with van der Waals surface area (Å²) in [4.78, 5) is 16.6. The summed E-state index contributed by atoms with van der Waals surface area (Å²) in [6, 6.07) is -0.0479. The van der Waals surface area contributed by atoms with Gasteiger partial charge in [-0.1, -0.05) is 20.8 Å². The summed E-state index contributed by atoms with van der Waals surface area (Å²) in [7, 11) is 0. The molecule has 1 heterocycles. The lowest BCUT2D eigenvalue weighted by Gasteiger charge is -2.34. The Morgan fingerprint density at radius 3 is 2.81 bits per heavy atom. The van der Waals surface area contributed by atoms with E-state index < -0.39 is 0 Å². The molecule has 0 bridgehead atoms. The summed E-state index contributed by atoms with van der Waals surface area (Å²) >= 11 is 1.37. The maximum Gasteiger partial charge on any atom is 0.217 e. The maximum atomic E-state index is 12.5. The van der Waals surface area contributed by atoms with E-state index in [1.165, 1.54) is 11.3 Å². The highest BCUT2D eigenvalue weighted by Crippen LogP contribution is 2.29. The van der Waals surface area contributed by atoms with Crippen LogP contribution in [0, 0.1) is 5.92 Å². The molecule has 116 valence electrons. The van der Waals surface area contributed by atoms with E-state index in [9.17, 15) is 4.79 Å². The van der Waals surface area contributed by atoms with E-state index in [1.54, 1.807) is 6.20 Å². The predicted octanol–water partition coefficient (Wildman–Crippen LogP) is 3.19. The zero-order valence-corrected chi connectivity index (χ0v) is 13.7. The summed E-state index contributed by atoms with van der Waals surface area (Å²) in [6.07, 6.45) is 6.30. The van der Waals surface area contributed by atoms with Crippen molar-refractivity contribution < 1.29 is 9.53 Å². The Bertz CT molecular complexity index is 494. The molecule has 0 fully saturated rings. The van der Waals surface area contributed by atoms with Crippen LogP contribution >= 0.6 is 11.3 Å². The number of thiazole rings is 1. The molecule has 3 atom stereocenters. The molecule has 2 N–H and O–H groups in total. The largest absolute Gasteiger partial charge is 0.371 e. The number of rotatable bonds is 6. The molecular formula is C16H24N2O2S. The highest BCUT2D eigenvalue weighted by Gasteiger charge is 2.32. The molecule has 0 amide bonds. The van der Waals surface area contributed by atoms with Gasteiger partial charge in [-0.3, -0.25) is 4.79 Å². The summed E-state index contributed by atoms with van der Waals surface area (Å²) in [5.74, 6) is 0.212. The molecule has 2 rings (SSSR count). The number of carbonyl (C=O) groups is 1. The molecule has 0 radical (unpaired) electrons. The molecule has 21 heavy (non-hydrogen) atoms. The van der Waals surface area contributed by atoms with Crippen molar-refractivity contribution in [2.45, 2.75) is 58.3 Å².